The summed E-state index contributed by atoms with van der Waals surface area (Å²) in [6, 6.07) is 9.34. The maximum atomic E-state index is 12.3. The van der Waals surface area contributed by atoms with E-state index in [9.17, 15) is 14.7 Å². The van der Waals surface area contributed by atoms with Gasteiger partial charge in [-0.05, 0) is 36.4 Å². The monoisotopic (exact) mass is 409 g/mol. The first-order chi connectivity index (χ1) is 12.3. The highest BCUT2D eigenvalue weighted by Gasteiger charge is 2.15. The van der Waals surface area contributed by atoms with E-state index in [1.165, 1.54) is 18.3 Å². The molecule has 1 aromatic heterocycles. The van der Waals surface area contributed by atoms with E-state index in [1.54, 1.807) is 24.3 Å². The van der Waals surface area contributed by atoms with Gasteiger partial charge in [0.1, 0.15) is 11.4 Å². The zero-order valence-electron chi connectivity index (χ0n) is 12.9. The number of aromatic hydroxyl groups is 1. The van der Waals surface area contributed by atoms with Crippen molar-refractivity contribution in [2.75, 3.05) is 5.32 Å². The van der Waals surface area contributed by atoms with Crippen LogP contribution in [-0.2, 0) is 0 Å². The van der Waals surface area contributed by atoms with Crippen LogP contribution in [0.25, 0.3) is 11.4 Å². The number of benzene rings is 2. The molecule has 3 aromatic rings. The van der Waals surface area contributed by atoms with E-state index in [-0.39, 0.29) is 27.0 Å². The molecule has 0 saturated heterocycles. The number of halogens is 3. The second-order valence-corrected chi connectivity index (χ2v) is 6.47. The summed E-state index contributed by atoms with van der Waals surface area (Å²) in [5.41, 5.74) is 0.0704. The molecule has 26 heavy (non-hydrogen) atoms. The predicted octanol–water partition coefficient (Wildman–Crippen LogP) is 4.36. The molecule has 0 atom stereocenters. The first-order valence-electron chi connectivity index (χ1n) is 7.20. The van der Waals surface area contributed by atoms with Crippen molar-refractivity contribution in [3.05, 3.63) is 73.6 Å². The van der Waals surface area contributed by atoms with E-state index >= 15 is 0 Å². The number of nitrogens with zero attached hydrogens (tertiary/aromatic N) is 1. The average Bonchev–Trinajstić information content (AvgIpc) is 2.60. The van der Waals surface area contributed by atoms with Crippen LogP contribution in [0.15, 0.2) is 47.4 Å². The number of H-pyrrole nitrogens is 1. The normalized spacial score (nSPS) is 10.6. The van der Waals surface area contributed by atoms with Crippen LogP contribution in [0, 0.1) is 0 Å². The molecule has 1 heterocycles. The fourth-order valence-electron chi connectivity index (χ4n) is 2.15. The van der Waals surface area contributed by atoms with Gasteiger partial charge in [0.25, 0.3) is 11.5 Å². The Morgan fingerprint density at radius 1 is 1.08 bits per heavy atom. The molecule has 132 valence electrons. The maximum absolute atomic E-state index is 12.3. The van der Waals surface area contributed by atoms with E-state index < -0.39 is 11.5 Å². The number of nitrogens with one attached hydrogen (secondary N) is 2. The molecular weight excluding hydrogens is 401 g/mol. The highest BCUT2D eigenvalue weighted by molar-refractivity contribution is 6.37. The molecule has 6 nitrogen and oxygen atoms in total. The zero-order valence-corrected chi connectivity index (χ0v) is 15.2. The fourth-order valence-corrected chi connectivity index (χ4v) is 2.76. The molecule has 3 N–H and O–H groups in total. The first kappa shape index (κ1) is 18.3. The molecule has 0 bridgehead atoms. The molecule has 3 rings (SSSR count). The molecular formula is C17H10Cl3N3O3. The van der Waals surface area contributed by atoms with Crippen molar-refractivity contribution in [1.82, 2.24) is 9.97 Å². The largest absolute Gasteiger partial charge is 0.505 e. The lowest BCUT2D eigenvalue weighted by atomic mass is 10.2. The van der Waals surface area contributed by atoms with Crippen LogP contribution in [0.2, 0.25) is 15.1 Å². The van der Waals surface area contributed by atoms with Gasteiger partial charge in [0, 0.05) is 22.5 Å². The molecule has 2 aromatic carbocycles. The summed E-state index contributed by atoms with van der Waals surface area (Å²) in [4.78, 5) is 31.2. The van der Waals surface area contributed by atoms with Gasteiger partial charge in [-0.2, -0.15) is 0 Å². The van der Waals surface area contributed by atoms with Gasteiger partial charge in [0.2, 0.25) is 0 Å². The Kier molecular flexibility index (Phi) is 5.18. The summed E-state index contributed by atoms with van der Waals surface area (Å²) in [6.07, 6.45) is 1.17. The number of rotatable bonds is 3. The topological polar surface area (TPSA) is 95.1 Å². The Morgan fingerprint density at radius 2 is 1.69 bits per heavy atom. The second-order valence-electron chi connectivity index (χ2n) is 5.22. The maximum Gasteiger partial charge on any atom is 0.264 e. The lowest BCUT2D eigenvalue weighted by Gasteiger charge is -2.08. The second kappa shape index (κ2) is 7.37. The Bertz CT molecular complexity index is 1030. The van der Waals surface area contributed by atoms with E-state index in [2.05, 4.69) is 15.3 Å². The SMILES string of the molecule is O=C(Nc1cc(Cl)c(O)c(Cl)c1)c1cnc(-c2ccc(Cl)cc2)[nH]c1=O. The molecule has 0 radical (unpaired) electrons. The molecule has 0 aliphatic rings. The van der Waals surface area contributed by atoms with Gasteiger partial charge in [0.15, 0.2) is 5.75 Å². The number of hydrogen-bond donors (Lipinski definition) is 3. The molecule has 0 fully saturated rings. The highest BCUT2D eigenvalue weighted by atomic mass is 35.5. The summed E-state index contributed by atoms with van der Waals surface area (Å²) in [6.45, 7) is 0. The minimum absolute atomic E-state index is 0.0297. The Morgan fingerprint density at radius 3 is 2.27 bits per heavy atom. The fraction of sp³-hybridized carbons (Fsp3) is 0. The van der Waals surface area contributed by atoms with Crippen LogP contribution in [0.5, 0.6) is 5.75 Å². The number of aromatic nitrogens is 2. The van der Waals surface area contributed by atoms with Gasteiger partial charge in [-0.3, -0.25) is 9.59 Å². The van der Waals surface area contributed by atoms with E-state index in [0.717, 1.165) is 0 Å². The zero-order chi connectivity index (χ0) is 18.8. The third-order valence-corrected chi connectivity index (χ3v) is 4.26. The van der Waals surface area contributed by atoms with Crippen LogP contribution >= 0.6 is 34.8 Å². The van der Waals surface area contributed by atoms with Crippen molar-refractivity contribution in [2.24, 2.45) is 0 Å². The van der Waals surface area contributed by atoms with Crippen LogP contribution in [-0.4, -0.2) is 21.0 Å². The predicted molar refractivity (Wildman–Crippen MR) is 101 cm³/mol. The van der Waals surface area contributed by atoms with Crippen molar-refractivity contribution in [3.8, 4) is 17.1 Å². The van der Waals surface area contributed by atoms with Gasteiger partial charge in [-0.1, -0.05) is 34.8 Å². The summed E-state index contributed by atoms with van der Waals surface area (Å²) in [7, 11) is 0. The summed E-state index contributed by atoms with van der Waals surface area (Å²) < 4.78 is 0. The van der Waals surface area contributed by atoms with Crippen molar-refractivity contribution in [1.29, 1.82) is 0 Å². The van der Waals surface area contributed by atoms with E-state index in [1.807, 2.05) is 0 Å². The van der Waals surface area contributed by atoms with Crippen molar-refractivity contribution < 1.29 is 9.90 Å². The summed E-state index contributed by atoms with van der Waals surface area (Å²) in [5, 5.41) is 12.5. The number of phenols is 1. The number of aromatic amines is 1. The number of hydrogen-bond acceptors (Lipinski definition) is 4. The number of phenolic OH excluding ortho intramolecular Hbond substituents is 1. The molecule has 0 aliphatic carbocycles. The number of carbonyl (C=O) groups is 1. The minimum atomic E-state index is -0.695. The van der Waals surface area contributed by atoms with Crippen molar-refractivity contribution >= 4 is 46.4 Å². The standard InChI is InChI=1S/C17H10Cl3N3O3/c18-9-3-1-8(2-4-9)15-21-7-11(17(26)23-15)16(25)22-10-5-12(19)14(24)13(20)6-10/h1-7,24H,(H,22,25)(H,21,23,26). The first-order valence-corrected chi connectivity index (χ1v) is 8.33. The van der Waals surface area contributed by atoms with E-state index in [4.69, 9.17) is 34.8 Å². The van der Waals surface area contributed by atoms with Crippen molar-refractivity contribution in [3.63, 3.8) is 0 Å². The lowest BCUT2D eigenvalue weighted by Crippen LogP contribution is -2.24. The molecule has 0 unspecified atom stereocenters. The van der Waals surface area contributed by atoms with Crippen molar-refractivity contribution in [2.45, 2.75) is 0 Å². The van der Waals surface area contributed by atoms with Crippen LogP contribution in [0.3, 0.4) is 0 Å². The third kappa shape index (κ3) is 3.83. The summed E-state index contributed by atoms with van der Waals surface area (Å²) in [5.74, 6) is -0.684. The highest BCUT2D eigenvalue weighted by Crippen LogP contribution is 2.34. The Hall–Kier alpha value is -2.54. The third-order valence-electron chi connectivity index (χ3n) is 3.44. The molecule has 0 saturated carbocycles. The van der Waals surface area contributed by atoms with Crippen LogP contribution in [0.4, 0.5) is 5.69 Å². The number of carbonyl (C=O) groups excluding carboxylic acids is 1. The molecule has 1 amide bonds. The number of amides is 1. The van der Waals surface area contributed by atoms with E-state index in [0.29, 0.717) is 16.4 Å². The van der Waals surface area contributed by atoms with Gasteiger partial charge in [-0.15, -0.1) is 0 Å². The Balaban J connectivity index is 1.86. The lowest BCUT2D eigenvalue weighted by molar-refractivity contribution is 0.102. The number of anilines is 1. The van der Waals surface area contributed by atoms with Gasteiger partial charge >= 0.3 is 0 Å². The summed E-state index contributed by atoms with van der Waals surface area (Å²) >= 11 is 17.4. The Labute approximate surface area is 162 Å². The average molecular weight is 411 g/mol. The quantitative estimate of drug-likeness (QED) is 0.559. The van der Waals surface area contributed by atoms with Crippen LogP contribution < -0.4 is 10.9 Å². The minimum Gasteiger partial charge on any atom is -0.505 e. The van der Waals surface area contributed by atoms with Gasteiger partial charge < -0.3 is 15.4 Å². The molecule has 0 aliphatic heterocycles. The smallest absolute Gasteiger partial charge is 0.264 e. The van der Waals surface area contributed by atoms with Gasteiger partial charge in [-0.25, -0.2) is 4.98 Å². The van der Waals surface area contributed by atoms with Gasteiger partial charge in [0.05, 0.1) is 10.0 Å². The molecule has 9 heteroatoms. The van der Waals surface area contributed by atoms with Crippen LogP contribution in [0.1, 0.15) is 10.4 Å². The molecule has 0 spiro atoms.